The van der Waals surface area contributed by atoms with Crippen molar-refractivity contribution in [3.05, 3.63) is 0 Å². The van der Waals surface area contributed by atoms with Gasteiger partial charge in [0.05, 0.1) is 6.61 Å². The number of hydrogen-bond acceptors (Lipinski definition) is 2. The van der Waals surface area contributed by atoms with E-state index in [-0.39, 0.29) is 0 Å². The summed E-state index contributed by atoms with van der Waals surface area (Å²) < 4.78 is 5.47. The van der Waals surface area contributed by atoms with Gasteiger partial charge in [0.1, 0.15) is 0 Å². The second-order valence-corrected chi connectivity index (χ2v) is 3.69. The fourth-order valence-electron chi connectivity index (χ4n) is 1.21. The highest BCUT2D eigenvalue weighted by Crippen LogP contribution is 2.04. The van der Waals surface area contributed by atoms with E-state index in [4.69, 9.17) is 4.74 Å². The highest BCUT2D eigenvalue weighted by molar-refractivity contribution is 4.65. The fourth-order valence-corrected chi connectivity index (χ4v) is 1.21. The molecule has 0 rings (SSSR count). The highest BCUT2D eigenvalue weighted by Gasteiger charge is 2.07. The minimum absolute atomic E-state index is 0.525. The monoisotopic (exact) mass is 173 g/mol. The third kappa shape index (κ3) is 6.62. The molecule has 1 atom stereocenters. The molecule has 0 aromatic rings. The molecule has 1 unspecified atom stereocenters. The molecule has 12 heavy (non-hydrogen) atoms. The predicted octanol–water partition coefficient (Wildman–Crippen LogP) is 2.05. The second-order valence-electron chi connectivity index (χ2n) is 3.69. The second kappa shape index (κ2) is 7.56. The van der Waals surface area contributed by atoms with E-state index in [9.17, 15) is 0 Å². The average Bonchev–Trinajstić information content (AvgIpc) is 2.02. The zero-order chi connectivity index (χ0) is 9.40. The lowest BCUT2D eigenvalue weighted by molar-refractivity contribution is 0.108. The summed E-state index contributed by atoms with van der Waals surface area (Å²) >= 11 is 0. The molecule has 0 saturated carbocycles. The Morgan fingerprint density at radius 2 is 2.00 bits per heavy atom. The van der Waals surface area contributed by atoms with Crippen LogP contribution in [0.2, 0.25) is 0 Å². The van der Waals surface area contributed by atoms with E-state index in [2.05, 4.69) is 26.1 Å². The van der Waals surface area contributed by atoms with Gasteiger partial charge in [0, 0.05) is 12.6 Å². The van der Waals surface area contributed by atoms with Crippen molar-refractivity contribution in [2.75, 3.05) is 20.3 Å². The van der Waals surface area contributed by atoms with Gasteiger partial charge in [-0.2, -0.15) is 0 Å². The van der Waals surface area contributed by atoms with Gasteiger partial charge < -0.3 is 10.1 Å². The van der Waals surface area contributed by atoms with Gasteiger partial charge in [-0.15, -0.1) is 0 Å². The normalized spacial score (nSPS) is 13.8. The topological polar surface area (TPSA) is 21.3 Å². The van der Waals surface area contributed by atoms with E-state index in [1.54, 1.807) is 0 Å². The van der Waals surface area contributed by atoms with Crippen LogP contribution in [0.3, 0.4) is 0 Å². The molecule has 0 aliphatic rings. The van der Waals surface area contributed by atoms with Crippen molar-refractivity contribution in [2.45, 2.75) is 39.7 Å². The lowest BCUT2D eigenvalue weighted by Crippen LogP contribution is -2.31. The Kier molecular flexibility index (Phi) is 7.51. The Balaban J connectivity index is 3.39. The molecule has 74 valence electrons. The van der Waals surface area contributed by atoms with Crippen LogP contribution in [0.1, 0.15) is 33.6 Å². The minimum Gasteiger partial charge on any atom is -0.380 e. The molecule has 2 nitrogen and oxygen atoms in total. The van der Waals surface area contributed by atoms with Crippen LogP contribution < -0.4 is 5.32 Å². The maximum atomic E-state index is 5.47. The summed E-state index contributed by atoms with van der Waals surface area (Å²) in [6.07, 6.45) is 2.30. The molecule has 0 aliphatic carbocycles. The summed E-state index contributed by atoms with van der Waals surface area (Å²) in [5.41, 5.74) is 0. The lowest BCUT2D eigenvalue weighted by Gasteiger charge is -2.17. The van der Waals surface area contributed by atoms with Crippen molar-refractivity contribution in [2.24, 2.45) is 5.92 Å². The van der Waals surface area contributed by atoms with Crippen LogP contribution in [-0.4, -0.2) is 26.3 Å². The van der Waals surface area contributed by atoms with E-state index < -0.39 is 0 Å². The van der Waals surface area contributed by atoms with Crippen molar-refractivity contribution in [3.8, 4) is 0 Å². The number of rotatable bonds is 7. The van der Waals surface area contributed by atoms with Crippen LogP contribution in [0.4, 0.5) is 0 Å². The largest absolute Gasteiger partial charge is 0.380 e. The summed E-state index contributed by atoms with van der Waals surface area (Å²) in [6.45, 7) is 8.35. The highest BCUT2D eigenvalue weighted by atomic mass is 16.5. The molecule has 2 heteroatoms. The van der Waals surface area contributed by atoms with Crippen LogP contribution in [0, 0.1) is 5.92 Å². The molecule has 0 fully saturated rings. The molecule has 0 aromatic heterocycles. The van der Waals surface area contributed by atoms with Gasteiger partial charge >= 0.3 is 0 Å². The summed E-state index contributed by atoms with van der Waals surface area (Å²) in [5.74, 6) is 0.743. The quantitative estimate of drug-likeness (QED) is 0.595. The third-order valence-electron chi connectivity index (χ3n) is 1.83. The summed E-state index contributed by atoms with van der Waals surface area (Å²) in [6, 6.07) is 0.525. The van der Waals surface area contributed by atoms with Crippen molar-refractivity contribution in [1.82, 2.24) is 5.32 Å². The van der Waals surface area contributed by atoms with Crippen LogP contribution in [0.5, 0.6) is 0 Å². The van der Waals surface area contributed by atoms with Crippen LogP contribution in [0.15, 0.2) is 0 Å². The number of hydrogen-bond donors (Lipinski definition) is 1. The Hall–Kier alpha value is -0.0800. The summed E-state index contributed by atoms with van der Waals surface area (Å²) in [5, 5.41) is 3.27. The number of nitrogens with one attached hydrogen (secondary N) is 1. The zero-order valence-electron chi connectivity index (χ0n) is 8.89. The molecule has 0 heterocycles. The first kappa shape index (κ1) is 11.9. The molecular weight excluding hydrogens is 150 g/mol. The first-order chi connectivity index (χ1) is 5.70. The Bertz CT molecular complexity index is 93.8. The van der Waals surface area contributed by atoms with Gasteiger partial charge in [-0.05, 0) is 25.8 Å². The van der Waals surface area contributed by atoms with Gasteiger partial charge in [0.15, 0.2) is 0 Å². The van der Waals surface area contributed by atoms with E-state index >= 15 is 0 Å². The molecule has 0 bridgehead atoms. The predicted molar refractivity (Wildman–Crippen MR) is 53.4 cm³/mol. The maximum Gasteiger partial charge on any atom is 0.0619 e. The van der Waals surface area contributed by atoms with Crippen LogP contribution >= 0.6 is 0 Å². The molecule has 1 N–H and O–H groups in total. The van der Waals surface area contributed by atoms with E-state index in [1.165, 1.54) is 6.42 Å². The van der Waals surface area contributed by atoms with Gasteiger partial charge in [-0.3, -0.25) is 0 Å². The standard InChI is InChI=1S/C10H23NO/c1-5-6-12-8-10(11-4)7-9(2)3/h9-11H,5-8H2,1-4H3. The first-order valence-electron chi connectivity index (χ1n) is 4.95. The van der Waals surface area contributed by atoms with Gasteiger partial charge in [0.2, 0.25) is 0 Å². The van der Waals surface area contributed by atoms with Crippen LogP contribution in [0.25, 0.3) is 0 Å². The summed E-state index contributed by atoms with van der Waals surface area (Å²) in [4.78, 5) is 0. The van der Waals surface area contributed by atoms with E-state index in [0.717, 1.165) is 25.6 Å². The third-order valence-corrected chi connectivity index (χ3v) is 1.83. The SMILES string of the molecule is CCCOCC(CC(C)C)NC. The summed E-state index contributed by atoms with van der Waals surface area (Å²) in [7, 11) is 2.00. The number of ether oxygens (including phenoxy) is 1. The minimum atomic E-state index is 0.525. The average molecular weight is 173 g/mol. The Labute approximate surface area is 76.7 Å². The van der Waals surface area contributed by atoms with E-state index in [0.29, 0.717) is 6.04 Å². The fraction of sp³-hybridized carbons (Fsp3) is 1.00. The smallest absolute Gasteiger partial charge is 0.0619 e. The van der Waals surface area contributed by atoms with Crippen molar-refractivity contribution >= 4 is 0 Å². The maximum absolute atomic E-state index is 5.47. The molecule has 0 amide bonds. The van der Waals surface area contributed by atoms with Crippen molar-refractivity contribution < 1.29 is 4.74 Å². The zero-order valence-corrected chi connectivity index (χ0v) is 8.89. The molecule has 0 radical (unpaired) electrons. The Morgan fingerprint density at radius 1 is 1.33 bits per heavy atom. The molecule has 0 aromatic carbocycles. The van der Waals surface area contributed by atoms with E-state index in [1.807, 2.05) is 7.05 Å². The molecule has 0 spiro atoms. The molecular formula is C10H23NO. The Morgan fingerprint density at radius 3 is 2.42 bits per heavy atom. The van der Waals surface area contributed by atoms with Gasteiger partial charge in [-0.25, -0.2) is 0 Å². The van der Waals surface area contributed by atoms with Crippen LogP contribution in [-0.2, 0) is 4.74 Å². The lowest BCUT2D eigenvalue weighted by atomic mass is 10.0. The first-order valence-corrected chi connectivity index (χ1v) is 4.95. The number of likely N-dealkylation sites (N-methyl/N-ethyl adjacent to an activating group) is 1. The van der Waals surface area contributed by atoms with Gasteiger partial charge in [0.25, 0.3) is 0 Å². The molecule has 0 saturated heterocycles. The van der Waals surface area contributed by atoms with Crippen molar-refractivity contribution in [1.29, 1.82) is 0 Å². The van der Waals surface area contributed by atoms with Gasteiger partial charge in [-0.1, -0.05) is 20.8 Å². The molecule has 0 aliphatic heterocycles. The van der Waals surface area contributed by atoms with Crippen molar-refractivity contribution in [3.63, 3.8) is 0 Å².